The third-order valence-corrected chi connectivity index (χ3v) is 6.13. The van der Waals surface area contributed by atoms with Crippen LogP contribution < -0.4 is 10.1 Å². The number of hydrogen-bond acceptors (Lipinski definition) is 2. The maximum atomic E-state index is 12.5. The number of aryl methyl sites for hydroxylation is 1. The van der Waals surface area contributed by atoms with Gasteiger partial charge in [-0.2, -0.15) is 0 Å². The lowest BCUT2D eigenvalue weighted by Crippen LogP contribution is -2.32. The van der Waals surface area contributed by atoms with Crippen LogP contribution in [0.1, 0.15) is 82.8 Å². The Balaban J connectivity index is 1.58. The highest BCUT2D eigenvalue weighted by atomic mass is 16.5. The van der Waals surface area contributed by atoms with Crippen LogP contribution in [0.3, 0.4) is 0 Å². The average Bonchev–Trinajstić information content (AvgIpc) is 2.83. The van der Waals surface area contributed by atoms with Gasteiger partial charge < -0.3 is 10.1 Å². The minimum Gasteiger partial charge on any atom is -0.494 e. The number of benzene rings is 2. The monoisotopic (exact) mass is 437 g/mol. The first-order valence-electron chi connectivity index (χ1n) is 12.8. The SMILES string of the molecule is CCCCCCCC(CC)C(=O)NCCc1ccc(OCCCCc2ccccc2)cc1. The van der Waals surface area contributed by atoms with Crippen molar-refractivity contribution in [2.24, 2.45) is 5.92 Å². The smallest absolute Gasteiger partial charge is 0.223 e. The number of hydrogen-bond donors (Lipinski definition) is 1. The summed E-state index contributed by atoms with van der Waals surface area (Å²) in [6, 6.07) is 18.9. The van der Waals surface area contributed by atoms with Crippen molar-refractivity contribution in [3.8, 4) is 5.75 Å². The third-order valence-electron chi connectivity index (χ3n) is 6.13. The molecule has 0 aromatic heterocycles. The molecule has 0 fully saturated rings. The molecule has 0 radical (unpaired) electrons. The molecule has 176 valence electrons. The van der Waals surface area contributed by atoms with E-state index in [1.54, 1.807) is 0 Å². The molecule has 0 aliphatic heterocycles. The molecule has 1 amide bonds. The van der Waals surface area contributed by atoms with Crippen molar-refractivity contribution in [2.75, 3.05) is 13.2 Å². The molecule has 1 unspecified atom stereocenters. The Hall–Kier alpha value is -2.29. The molecule has 0 bridgehead atoms. The molecule has 0 saturated heterocycles. The molecule has 3 heteroatoms. The fourth-order valence-corrected chi connectivity index (χ4v) is 4.01. The van der Waals surface area contributed by atoms with Crippen LogP contribution in [0.4, 0.5) is 0 Å². The zero-order valence-electron chi connectivity index (χ0n) is 20.3. The van der Waals surface area contributed by atoms with Gasteiger partial charge in [-0.15, -0.1) is 0 Å². The molecule has 2 rings (SSSR count). The Labute approximate surface area is 196 Å². The first-order valence-corrected chi connectivity index (χ1v) is 12.8. The number of nitrogens with one attached hydrogen (secondary N) is 1. The lowest BCUT2D eigenvalue weighted by molar-refractivity contribution is -0.125. The summed E-state index contributed by atoms with van der Waals surface area (Å²) in [5.74, 6) is 1.30. The van der Waals surface area contributed by atoms with Crippen LogP contribution in [0.2, 0.25) is 0 Å². The Morgan fingerprint density at radius 1 is 0.812 bits per heavy atom. The van der Waals surface area contributed by atoms with Gasteiger partial charge in [0.15, 0.2) is 0 Å². The van der Waals surface area contributed by atoms with Crippen LogP contribution in [0.25, 0.3) is 0 Å². The van der Waals surface area contributed by atoms with Gasteiger partial charge in [-0.1, -0.05) is 88.4 Å². The lowest BCUT2D eigenvalue weighted by atomic mass is 9.97. The second kappa shape index (κ2) is 16.4. The second-order valence-electron chi connectivity index (χ2n) is 8.78. The standard InChI is InChI=1S/C29H43NO2/c1-3-5-6-7-11-17-27(4-2)29(31)30-23-22-26-18-20-28(21-19-26)32-24-13-12-16-25-14-9-8-10-15-25/h8-10,14-15,18-21,27H,3-7,11-13,16-17,22-24H2,1-2H3,(H,30,31). The molecular formula is C29H43NO2. The number of carbonyl (C=O) groups excluding carboxylic acids is 1. The van der Waals surface area contributed by atoms with E-state index < -0.39 is 0 Å². The van der Waals surface area contributed by atoms with Gasteiger partial charge in [-0.05, 0) is 61.8 Å². The van der Waals surface area contributed by atoms with E-state index in [-0.39, 0.29) is 11.8 Å². The summed E-state index contributed by atoms with van der Waals surface area (Å²) < 4.78 is 5.88. The van der Waals surface area contributed by atoms with Crippen molar-refractivity contribution < 1.29 is 9.53 Å². The van der Waals surface area contributed by atoms with Crippen LogP contribution in [-0.2, 0) is 17.6 Å². The summed E-state index contributed by atoms with van der Waals surface area (Å²) in [6.07, 6.45) is 12.4. The number of unbranched alkanes of at least 4 members (excludes halogenated alkanes) is 5. The molecule has 3 nitrogen and oxygen atoms in total. The molecular weight excluding hydrogens is 394 g/mol. The van der Waals surface area contributed by atoms with E-state index >= 15 is 0 Å². The van der Waals surface area contributed by atoms with Crippen molar-refractivity contribution >= 4 is 5.91 Å². The number of rotatable bonds is 17. The summed E-state index contributed by atoms with van der Waals surface area (Å²) in [4.78, 5) is 12.5. The van der Waals surface area contributed by atoms with E-state index in [9.17, 15) is 4.79 Å². The maximum absolute atomic E-state index is 12.5. The quantitative estimate of drug-likeness (QED) is 0.267. The van der Waals surface area contributed by atoms with E-state index in [1.807, 2.05) is 12.1 Å². The summed E-state index contributed by atoms with van der Waals surface area (Å²) in [7, 11) is 0. The van der Waals surface area contributed by atoms with Gasteiger partial charge in [0, 0.05) is 12.5 Å². The molecule has 1 atom stereocenters. The van der Waals surface area contributed by atoms with Gasteiger partial charge in [-0.25, -0.2) is 0 Å². The largest absolute Gasteiger partial charge is 0.494 e. The second-order valence-corrected chi connectivity index (χ2v) is 8.78. The fraction of sp³-hybridized carbons (Fsp3) is 0.552. The number of ether oxygens (including phenoxy) is 1. The number of carbonyl (C=O) groups is 1. The summed E-state index contributed by atoms with van der Waals surface area (Å²) in [5.41, 5.74) is 2.62. The van der Waals surface area contributed by atoms with Crippen molar-refractivity contribution in [1.29, 1.82) is 0 Å². The van der Waals surface area contributed by atoms with Gasteiger partial charge in [0.1, 0.15) is 5.75 Å². The molecule has 1 N–H and O–H groups in total. The Kier molecular flexibility index (Phi) is 13.3. The van der Waals surface area contributed by atoms with Crippen LogP contribution >= 0.6 is 0 Å². The van der Waals surface area contributed by atoms with Crippen LogP contribution in [0, 0.1) is 5.92 Å². The van der Waals surface area contributed by atoms with Crippen LogP contribution in [-0.4, -0.2) is 19.1 Å². The normalized spacial score (nSPS) is 11.8. The molecule has 0 spiro atoms. The highest BCUT2D eigenvalue weighted by Crippen LogP contribution is 2.16. The zero-order valence-corrected chi connectivity index (χ0v) is 20.3. The first-order chi connectivity index (χ1) is 15.7. The van der Waals surface area contributed by atoms with E-state index in [0.717, 1.165) is 50.9 Å². The van der Waals surface area contributed by atoms with Gasteiger partial charge in [0.2, 0.25) is 5.91 Å². The predicted molar refractivity (Wildman–Crippen MR) is 135 cm³/mol. The Bertz CT molecular complexity index is 727. The van der Waals surface area contributed by atoms with Gasteiger partial charge in [0.25, 0.3) is 0 Å². The molecule has 32 heavy (non-hydrogen) atoms. The molecule has 2 aromatic carbocycles. The van der Waals surface area contributed by atoms with Gasteiger partial charge in [-0.3, -0.25) is 4.79 Å². The van der Waals surface area contributed by atoms with Crippen LogP contribution in [0.5, 0.6) is 5.75 Å². The molecule has 0 aliphatic carbocycles. The maximum Gasteiger partial charge on any atom is 0.223 e. The minimum absolute atomic E-state index is 0.161. The molecule has 0 aliphatic rings. The Morgan fingerprint density at radius 3 is 2.25 bits per heavy atom. The topological polar surface area (TPSA) is 38.3 Å². The van der Waals surface area contributed by atoms with Crippen molar-refractivity contribution in [3.05, 3.63) is 65.7 Å². The van der Waals surface area contributed by atoms with Crippen molar-refractivity contribution in [3.63, 3.8) is 0 Å². The molecule has 0 heterocycles. The van der Waals surface area contributed by atoms with E-state index in [0.29, 0.717) is 6.54 Å². The molecule has 0 saturated carbocycles. The zero-order chi connectivity index (χ0) is 22.9. The fourth-order valence-electron chi connectivity index (χ4n) is 4.01. The summed E-state index contributed by atoms with van der Waals surface area (Å²) in [6.45, 7) is 5.80. The van der Waals surface area contributed by atoms with Gasteiger partial charge in [0.05, 0.1) is 6.61 Å². The highest BCUT2D eigenvalue weighted by molar-refractivity contribution is 5.78. The highest BCUT2D eigenvalue weighted by Gasteiger charge is 2.15. The van der Waals surface area contributed by atoms with Crippen molar-refractivity contribution in [2.45, 2.75) is 84.5 Å². The minimum atomic E-state index is 0.161. The summed E-state index contributed by atoms with van der Waals surface area (Å²) in [5, 5.41) is 3.14. The van der Waals surface area contributed by atoms with Gasteiger partial charge >= 0.3 is 0 Å². The van der Waals surface area contributed by atoms with E-state index in [1.165, 1.54) is 43.2 Å². The third kappa shape index (κ3) is 10.8. The summed E-state index contributed by atoms with van der Waals surface area (Å²) >= 11 is 0. The average molecular weight is 438 g/mol. The van der Waals surface area contributed by atoms with E-state index in [4.69, 9.17) is 4.74 Å². The first kappa shape index (κ1) is 26.0. The van der Waals surface area contributed by atoms with Crippen molar-refractivity contribution in [1.82, 2.24) is 5.32 Å². The lowest BCUT2D eigenvalue weighted by Gasteiger charge is -2.15. The van der Waals surface area contributed by atoms with Crippen LogP contribution in [0.15, 0.2) is 54.6 Å². The Morgan fingerprint density at radius 2 is 1.53 bits per heavy atom. The molecule has 2 aromatic rings. The van der Waals surface area contributed by atoms with E-state index in [2.05, 4.69) is 61.6 Å². The number of amides is 1. The predicted octanol–water partition coefficient (Wildman–Crippen LogP) is 7.13.